The summed E-state index contributed by atoms with van der Waals surface area (Å²) in [7, 11) is 0. The van der Waals surface area contributed by atoms with Crippen LogP contribution in [0.15, 0.2) is 24.3 Å². The SMILES string of the molecule is CC(C)C1CC(N2CC(CCN)c3ccccc32)CCO1. The molecule has 3 nitrogen and oxygen atoms in total. The third-order valence-corrected chi connectivity index (χ3v) is 5.09. The van der Waals surface area contributed by atoms with Crippen molar-refractivity contribution in [3.05, 3.63) is 29.8 Å². The lowest BCUT2D eigenvalue weighted by molar-refractivity contribution is -0.0199. The molecule has 2 aliphatic rings. The first-order chi connectivity index (χ1) is 10.2. The highest BCUT2D eigenvalue weighted by atomic mass is 16.5. The van der Waals surface area contributed by atoms with Crippen LogP contribution in [-0.2, 0) is 4.74 Å². The Kier molecular flexibility index (Phi) is 4.51. The van der Waals surface area contributed by atoms with Crippen LogP contribution in [0.5, 0.6) is 0 Å². The van der Waals surface area contributed by atoms with E-state index in [9.17, 15) is 0 Å². The third kappa shape index (κ3) is 2.95. The quantitative estimate of drug-likeness (QED) is 0.925. The highest BCUT2D eigenvalue weighted by Gasteiger charge is 2.35. The minimum Gasteiger partial charge on any atom is -0.378 e. The summed E-state index contributed by atoms with van der Waals surface area (Å²) in [6.07, 6.45) is 3.79. The van der Waals surface area contributed by atoms with E-state index in [0.29, 0.717) is 24.0 Å². The molecule has 1 fully saturated rings. The zero-order chi connectivity index (χ0) is 14.8. The van der Waals surface area contributed by atoms with Crippen LogP contribution in [0.3, 0.4) is 0 Å². The van der Waals surface area contributed by atoms with Gasteiger partial charge in [-0.3, -0.25) is 0 Å². The number of hydrogen-bond donors (Lipinski definition) is 1. The molecule has 0 aromatic heterocycles. The van der Waals surface area contributed by atoms with Crippen molar-refractivity contribution in [3.63, 3.8) is 0 Å². The summed E-state index contributed by atoms with van der Waals surface area (Å²) in [6.45, 7) is 7.33. The molecule has 3 atom stereocenters. The largest absolute Gasteiger partial charge is 0.378 e. The summed E-state index contributed by atoms with van der Waals surface area (Å²) in [5.74, 6) is 1.21. The van der Waals surface area contributed by atoms with Crippen molar-refractivity contribution in [3.8, 4) is 0 Å². The number of rotatable bonds is 4. The van der Waals surface area contributed by atoms with Gasteiger partial charge in [0.2, 0.25) is 0 Å². The Hall–Kier alpha value is -1.06. The molecule has 3 heteroatoms. The van der Waals surface area contributed by atoms with Crippen LogP contribution >= 0.6 is 0 Å². The summed E-state index contributed by atoms with van der Waals surface area (Å²) in [4.78, 5) is 2.63. The van der Waals surface area contributed by atoms with Gasteiger partial charge in [-0.2, -0.15) is 0 Å². The average molecular weight is 288 g/mol. The van der Waals surface area contributed by atoms with Gasteiger partial charge in [0.25, 0.3) is 0 Å². The monoisotopic (exact) mass is 288 g/mol. The zero-order valence-electron chi connectivity index (χ0n) is 13.3. The van der Waals surface area contributed by atoms with Crippen LogP contribution in [0.25, 0.3) is 0 Å². The maximum absolute atomic E-state index is 5.94. The molecule has 0 amide bonds. The molecule has 2 aliphatic heterocycles. The number of para-hydroxylation sites is 1. The van der Waals surface area contributed by atoms with Crippen molar-refractivity contribution in [1.29, 1.82) is 0 Å². The summed E-state index contributed by atoms with van der Waals surface area (Å²) < 4.78 is 5.94. The smallest absolute Gasteiger partial charge is 0.0617 e. The van der Waals surface area contributed by atoms with Crippen molar-refractivity contribution in [1.82, 2.24) is 0 Å². The van der Waals surface area contributed by atoms with E-state index in [2.05, 4.69) is 43.0 Å². The van der Waals surface area contributed by atoms with Gasteiger partial charge in [-0.15, -0.1) is 0 Å². The third-order valence-electron chi connectivity index (χ3n) is 5.09. The fourth-order valence-electron chi connectivity index (χ4n) is 3.88. The average Bonchev–Trinajstić information content (AvgIpc) is 2.87. The van der Waals surface area contributed by atoms with Crippen molar-refractivity contribution in [2.75, 3.05) is 24.6 Å². The highest BCUT2D eigenvalue weighted by Crippen LogP contribution is 2.41. The maximum atomic E-state index is 5.94. The van der Waals surface area contributed by atoms with Crippen molar-refractivity contribution in [2.45, 2.75) is 51.2 Å². The molecule has 0 radical (unpaired) electrons. The van der Waals surface area contributed by atoms with Crippen LogP contribution in [0, 0.1) is 5.92 Å². The van der Waals surface area contributed by atoms with Gasteiger partial charge in [0.1, 0.15) is 0 Å². The number of ether oxygens (including phenoxy) is 1. The second kappa shape index (κ2) is 6.37. The molecular weight excluding hydrogens is 260 g/mol. The first kappa shape index (κ1) is 14.9. The van der Waals surface area contributed by atoms with Gasteiger partial charge in [-0.1, -0.05) is 32.0 Å². The molecule has 2 heterocycles. The highest BCUT2D eigenvalue weighted by molar-refractivity contribution is 5.61. The second-order valence-electron chi connectivity index (χ2n) is 6.82. The van der Waals surface area contributed by atoms with Crippen LogP contribution in [0.1, 0.15) is 44.6 Å². The Balaban J connectivity index is 1.80. The van der Waals surface area contributed by atoms with Crippen LogP contribution < -0.4 is 10.6 Å². The number of anilines is 1. The number of hydrogen-bond acceptors (Lipinski definition) is 3. The molecule has 1 aromatic carbocycles. The van der Waals surface area contributed by atoms with Gasteiger partial charge >= 0.3 is 0 Å². The van der Waals surface area contributed by atoms with Crippen molar-refractivity contribution < 1.29 is 4.74 Å². The fraction of sp³-hybridized carbons (Fsp3) is 0.667. The van der Waals surface area contributed by atoms with Crippen molar-refractivity contribution >= 4 is 5.69 Å². The predicted molar refractivity (Wildman–Crippen MR) is 87.8 cm³/mol. The standard InChI is InChI=1S/C18H28N2O/c1-13(2)18-11-15(8-10-21-18)20-12-14(7-9-19)16-5-3-4-6-17(16)20/h3-6,13-15,18H,7-12,19H2,1-2H3. The van der Waals surface area contributed by atoms with E-state index in [0.717, 1.165) is 39.0 Å². The van der Waals surface area contributed by atoms with Gasteiger partial charge in [0, 0.05) is 30.8 Å². The molecule has 0 bridgehead atoms. The molecule has 3 unspecified atom stereocenters. The minimum atomic E-state index is 0.407. The van der Waals surface area contributed by atoms with Gasteiger partial charge in [0.05, 0.1) is 6.10 Å². The van der Waals surface area contributed by atoms with Crippen LogP contribution in [0.2, 0.25) is 0 Å². The topological polar surface area (TPSA) is 38.5 Å². The molecule has 0 saturated carbocycles. The Morgan fingerprint density at radius 1 is 1.33 bits per heavy atom. The van der Waals surface area contributed by atoms with E-state index in [4.69, 9.17) is 10.5 Å². The first-order valence-corrected chi connectivity index (χ1v) is 8.38. The molecule has 0 spiro atoms. The van der Waals surface area contributed by atoms with E-state index < -0.39 is 0 Å². The van der Waals surface area contributed by atoms with E-state index in [-0.39, 0.29) is 0 Å². The van der Waals surface area contributed by atoms with E-state index in [1.54, 1.807) is 0 Å². The van der Waals surface area contributed by atoms with Crippen molar-refractivity contribution in [2.24, 2.45) is 11.7 Å². The van der Waals surface area contributed by atoms with Gasteiger partial charge in [0.15, 0.2) is 0 Å². The Labute approximate surface area is 128 Å². The normalized spacial score (nSPS) is 29.0. The summed E-state index contributed by atoms with van der Waals surface area (Å²) in [6, 6.07) is 9.51. The van der Waals surface area contributed by atoms with Gasteiger partial charge in [-0.05, 0) is 43.4 Å². The van der Waals surface area contributed by atoms with E-state index in [1.807, 2.05) is 0 Å². The lowest BCUT2D eigenvalue weighted by Crippen LogP contribution is -2.43. The summed E-state index contributed by atoms with van der Waals surface area (Å²) in [5, 5.41) is 0. The number of nitrogens with zero attached hydrogens (tertiary/aromatic N) is 1. The molecule has 0 aliphatic carbocycles. The lowest BCUT2D eigenvalue weighted by Gasteiger charge is -2.38. The maximum Gasteiger partial charge on any atom is 0.0617 e. The molecule has 116 valence electrons. The van der Waals surface area contributed by atoms with E-state index >= 15 is 0 Å². The summed E-state index contributed by atoms with van der Waals surface area (Å²) >= 11 is 0. The molecule has 1 aromatic rings. The number of benzene rings is 1. The molecular formula is C18H28N2O. The number of fused-ring (bicyclic) bond motifs is 1. The minimum absolute atomic E-state index is 0.407. The predicted octanol–water partition coefficient (Wildman–Crippen LogP) is 3.14. The Morgan fingerprint density at radius 3 is 2.90 bits per heavy atom. The van der Waals surface area contributed by atoms with Gasteiger partial charge in [-0.25, -0.2) is 0 Å². The molecule has 3 rings (SSSR count). The second-order valence-corrected chi connectivity index (χ2v) is 6.82. The zero-order valence-corrected chi connectivity index (χ0v) is 13.3. The fourth-order valence-corrected chi connectivity index (χ4v) is 3.88. The van der Waals surface area contributed by atoms with Gasteiger partial charge < -0.3 is 15.4 Å². The number of nitrogens with two attached hydrogens (primary N) is 1. The first-order valence-electron chi connectivity index (χ1n) is 8.38. The molecule has 1 saturated heterocycles. The Morgan fingerprint density at radius 2 is 2.14 bits per heavy atom. The van der Waals surface area contributed by atoms with E-state index in [1.165, 1.54) is 11.3 Å². The van der Waals surface area contributed by atoms with Crippen LogP contribution in [-0.4, -0.2) is 31.8 Å². The molecule has 21 heavy (non-hydrogen) atoms. The Bertz CT molecular complexity index is 474. The molecule has 2 N–H and O–H groups in total. The lowest BCUT2D eigenvalue weighted by atomic mass is 9.94. The summed E-state index contributed by atoms with van der Waals surface area (Å²) in [5.41, 5.74) is 8.74. The van der Waals surface area contributed by atoms with Crippen LogP contribution in [0.4, 0.5) is 5.69 Å².